The molecule has 0 radical (unpaired) electrons. The molecule has 0 unspecified atom stereocenters. The zero-order valence-corrected chi connectivity index (χ0v) is 15.5. The molecule has 3 N–H and O–H groups in total. The van der Waals surface area contributed by atoms with E-state index in [0.29, 0.717) is 36.2 Å². The third-order valence-corrected chi connectivity index (χ3v) is 5.27. The number of carbonyl (C=O) groups excluding carboxylic acids is 2. The summed E-state index contributed by atoms with van der Waals surface area (Å²) in [5.41, 5.74) is 2.18. The molecule has 2 aliphatic heterocycles. The summed E-state index contributed by atoms with van der Waals surface area (Å²) >= 11 is 1.50. The number of hydrogen-bond donors (Lipinski definition) is 3. The van der Waals surface area contributed by atoms with Crippen molar-refractivity contribution in [3.8, 4) is 11.5 Å². The normalized spacial score (nSPS) is 16.0. The number of benzene rings is 2. The van der Waals surface area contributed by atoms with Crippen LogP contribution in [0.15, 0.2) is 41.3 Å². The predicted molar refractivity (Wildman–Crippen MR) is 105 cm³/mol. The Hall–Kier alpha value is -2.87. The summed E-state index contributed by atoms with van der Waals surface area (Å²) in [6, 6.07) is 10.5. The lowest BCUT2D eigenvalue weighted by Gasteiger charge is -2.21. The van der Waals surface area contributed by atoms with Gasteiger partial charge in [-0.2, -0.15) is 0 Å². The molecule has 2 aromatic carbocycles. The van der Waals surface area contributed by atoms with Crippen LogP contribution in [0.1, 0.15) is 6.92 Å². The molecule has 2 amide bonds. The van der Waals surface area contributed by atoms with Gasteiger partial charge >= 0.3 is 0 Å². The van der Waals surface area contributed by atoms with Gasteiger partial charge in [-0.05, 0) is 37.3 Å². The smallest absolute Gasteiger partial charge is 0.246 e. The molecule has 4 rings (SSSR count). The fourth-order valence-corrected chi connectivity index (χ4v) is 3.65. The fraction of sp³-hybridized carbons (Fsp3) is 0.263. The van der Waals surface area contributed by atoms with Crippen molar-refractivity contribution in [3.63, 3.8) is 0 Å². The van der Waals surface area contributed by atoms with Crippen LogP contribution in [0.5, 0.6) is 11.5 Å². The number of carbonyl (C=O) groups is 2. The summed E-state index contributed by atoms with van der Waals surface area (Å²) in [6.45, 7) is 2.80. The third-order valence-electron chi connectivity index (χ3n) is 4.20. The van der Waals surface area contributed by atoms with Gasteiger partial charge in [0.2, 0.25) is 11.8 Å². The molecule has 27 heavy (non-hydrogen) atoms. The average molecular weight is 385 g/mol. The molecule has 2 heterocycles. The Labute approximate surface area is 160 Å². The Morgan fingerprint density at radius 1 is 1.11 bits per heavy atom. The average Bonchev–Trinajstić information content (AvgIpc) is 2.67. The third kappa shape index (κ3) is 3.95. The molecule has 2 aromatic rings. The molecule has 0 aromatic heterocycles. The molecule has 8 heteroatoms. The van der Waals surface area contributed by atoms with Crippen LogP contribution < -0.4 is 25.4 Å². The quantitative estimate of drug-likeness (QED) is 0.750. The summed E-state index contributed by atoms with van der Waals surface area (Å²) < 4.78 is 11.0. The van der Waals surface area contributed by atoms with Crippen LogP contribution in [0, 0.1) is 0 Å². The number of anilines is 3. The molecular formula is C19H19N3O4S. The zero-order chi connectivity index (χ0) is 18.8. The molecule has 0 fully saturated rings. The first-order valence-corrected chi connectivity index (χ1v) is 9.61. The van der Waals surface area contributed by atoms with Crippen molar-refractivity contribution >= 4 is 40.6 Å². The predicted octanol–water partition coefficient (Wildman–Crippen LogP) is 2.94. The van der Waals surface area contributed by atoms with Gasteiger partial charge in [0, 0.05) is 22.3 Å². The van der Waals surface area contributed by atoms with Gasteiger partial charge in [0.1, 0.15) is 19.3 Å². The lowest BCUT2D eigenvalue weighted by molar-refractivity contribution is -0.116. The number of fused-ring (bicyclic) bond motifs is 2. The van der Waals surface area contributed by atoms with Crippen LogP contribution in [-0.4, -0.2) is 36.8 Å². The monoisotopic (exact) mass is 385 g/mol. The Kier molecular flexibility index (Phi) is 4.81. The SMILES string of the molecule is C[C@@H](Nc1ccc2c(c1)NC(=O)CS2)C(=O)Nc1ccc2c(c1)OCCO2. The molecule has 2 aliphatic rings. The van der Waals surface area contributed by atoms with E-state index in [1.807, 2.05) is 18.2 Å². The highest BCUT2D eigenvalue weighted by molar-refractivity contribution is 8.00. The van der Waals surface area contributed by atoms with Crippen LogP contribution >= 0.6 is 11.8 Å². The molecule has 7 nitrogen and oxygen atoms in total. The van der Waals surface area contributed by atoms with Crippen LogP contribution in [0.2, 0.25) is 0 Å². The lowest BCUT2D eigenvalue weighted by atomic mass is 10.2. The Bertz CT molecular complexity index is 903. The molecule has 0 bridgehead atoms. The van der Waals surface area contributed by atoms with Crippen LogP contribution in [0.4, 0.5) is 17.1 Å². The van der Waals surface area contributed by atoms with Gasteiger partial charge in [0.05, 0.1) is 11.4 Å². The molecule has 0 aliphatic carbocycles. The number of ether oxygens (including phenoxy) is 2. The number of rotatable bonds is 4. The second kappa shape index (κ2) is 7.40. The van der Waals surface area contributed by atoms with E-state index < -0.39 is 6.04 Å². The number of nitrogens with one attached hydrogen (secondary N) is 3. The minimum absolute atomic E-state index is 0.0194. The minimum atomic E-state index is -0.469. The van der Waals surface area contributed by atoms with Crippen molar-refractivity contribution in [1.29, 1.82) is 0 Å². The van der Waals surface area contributed by atoms with E-state index in [2.05, 4.69) is 16.0 Å². The maximum Gasteiger partial charge on any atom is 0.246 e. The van der Waals surface area contributed by atoms with Gasteiger partial charge in [-0.25, -0.2) is 0 Å². The Morgan fingerprint density at radius 3 is 2.74 bits per heavy atom. The highest BCUT2D eigenvalue weighted by Gasteiger charge is 2.18. The molecule has 0 saturated carbocycles. The van der Waals surface area contributed by atoms with Crippen molar-refractivity contribution in [2.75, 3.05) is 34.9 Å². The van der Waals surface area contributed by atoms with Crippen LogP contribution in [-0.2, 0) is 9.59 Å². The van der Waals surface area contributed by atoms with E-state index in [1.165, 1.54) is 11.8 Å². The van der Waals surface area contributed by atoms with E-state index >= 15 is 0 Å². The van der Waals surface area contributed by atoms with Crippen molar-refractivity contribution in [2.45, 2.75) is 17.9 Å². The number of amides is 2. The van der Waals surface area contributed by atoms with Gasteiger partial charge < -0.3 is 25.4 Å². The van der Waals surface area contributed by atoms with Gasteiger partial charge in [-0.1, -0.05) is 0 Å². The van der Waals surface area contributed by atoms with E-state index in [0.717, 1.165) is 16.3 Å². The molecule has 0 saturated heterocycles. The van der Waals surface area contributed by atoms with E-state index in [9.17, 15) is 9.59 Å². The first-order valence-electron chi connectivity index (χ1n) is 8.62. The van der Waals surface area contributed by atoms with Crippen LogP contribution in [0.25, 0.3) is 0 Å². The largest absolute Gasteiger partial charge is 0.486 e. The standard InChI is InChI=1S/C19H19N3O4S/c1-11(20-12-3-5-17-14(8-12)22-18(23)10-27-17)19(24)21-13-2-4-15-16(9-13)26-7-6-25-15/h2-5,8-9,11,20H,6-7,10H2,1H3,(H,21,24)(H,22,23)/t11-/m1/s1. The highest BCUT2D eigenvalue weighted by atomic mass is 32.2. The minimum Gasteiger partial charge on any atom is -0.486 e. The number of thioether (sulfide) groups is 1. The summed E-state index contributed by atoms with van der Waals surface area (Å²) in [6.07, 6.45) is 0. The molecular weight excluding hydrogens is 366 g/mol. The number of hydrogen-bond acceptors (Lipinski definition) is 6. The second-order valence-electron chi connectivity index (χ2n) is 6.26. The van der Waals surface area contributed by atoms with Gasteiger partial charge in [0.25, 0.3) is 0 Å². The Morgan fingerprint density at radius 2 is 1.89 bits per heavy atom. The van der Waals surface area contributed by atoms with Gasteiger partial charge in [0.15, 0.2) is 11.5 Å². The van der Waals surface area contributed by atoms with E-state index in [1.54, 1.807) is 25.1 Å². The van der Waals surface area contributed by atoms with Gasteiger partial charge in [-0.3, -0.25) is 9.59 Å². The fourth-order valence-electron chi connectivity index (χ4n) is 2.86. The highest BCUT2D eigenvalue weighted by Crippen LogP contribution is 2.34. The van der Waals surface area contributed by atoms with Crippen LogP contribution in [0.3, 0.4) is 0 Å². The Balaban J connectivity index is 1.41. The van der Waals surface area contributed by atoms with Crippen molar-refractivity contribution in [2.24, 2.45) is 0 Å². The zero-order valence-electron chi connectivity index (χ0n) is 14.7. The van der Waals surface area contributed by atoms with E-state index in [-0.39, 0.29) is 11.8 Å². The maximum absolute atomic E-state index is 12.5. The van der Waals surface area contributed by atoms with Crippen molar-refractivity contribution in [3.05, 3.63) is 36.4 Å². The topological polar surface area (TPSA) is 88.7 Å². The van der Waals surface area contributed by atoms with Gasteiger partial charge in [-0.15, -0.1) is 11.8 Å². The first kappa shape index (κ1) is 17.5. The summed E-state index contributed by atoms with van der Waals surface area (Å²) in [4.78, 5) is 25.1. The first-order chi connectivity index (χ1) is 13.1. The lowest BCUT2D eigenvalue weighted by Crippen LogP contribution is -2.32. The van der Waals surface area contributed by atoms with Crippen molar-refractivity contribution < 1.29 is 19.1 Å². The maximum atomic E-state index is 12.5. The summed E-state index contributed by atoms with van der Waals surface area (Å²) in [5, 5.41) is 8.88. The molecule has 0 spiro atoms. The summed E-state index contributed by atoms with van der Waals surface area (Å²) in [7, 11) is 0. The second-order valence-corrected chi connectivity index (χ2v) is 7.28. The summed E-state index contributed by atoms with van der Waals surface area (Å²) in [5.74, 6) is 1.53. The van der Waals surface area contributed by atoms with Crippen molar-refractivity contribution in [1.82, 2.24) is 0 Å². The molecule has 1 atom stereocenters. The molecule has 140 valence electrons. The van der Waals surface area contributed by atoms with E-state index in [4.69, 9.17) is 9.47 Å².